The van der Waals surface area contributed by atoms with Gasteiger partial charge < -0.3 is 0 Å². The predicted octanol–water partition coefficient (Wildman–Crippen LogP) is 12.6. The lowest BCUT2D eigenvalue weighted by atomic mass is 10.0. The van der Waals surface area contributed by atoms with Crippen LogP contribution in [0.1, 0.15) is 153 Å². The van der Waals surface area contributed by atoms with Gasteiger partial charge in [0.25, 0.3) is 0 Å². The zero-order valence-electron chi connectivity index (χ0n) is 42.7. The first-order valence-electron chi connectivity index (χ1n) is 27.1. The van der Waals surface area contributed by atoms with E-state index in [4.69, 9.17) is 0 Å². The smallest absolute Gasteiger partial charge is 0.173 e. The number of unbranched alkanes of at least 4 members (excludes halogenated alkanes) is 15. The van der Waals surface area contributed by atoms with Crippen LogP contribution in [0.4, 0.5) is 0 Å². The summed E-state index contributed by atoms with van der Waals surface area (Å²) in [5.74, 6) is 0. The highest BCUT2D eigenvalue weighted by Crippen LogP contribution is 2.20. The summed E-state index contributed by atoms with van der Waals surface area (Å²) >= 11 is 0. The number of nitrogens with zero attached hydrogens (tertiary/aromatic N) is 6. The Morgan fingerprint density at radius 3 is 0.638 bits per heavy atom. The molecule has 6 aromatic heterocycles. The van der Waals surface area contributed by atoms with Gasteiger partial charge in [-0.1, -0.05) is 97.8 Å². The van der Waals surface area contributed by atoms with Crippen molar-refractivity contribution < 1.29 is 27.4 Å². The first-order chi connectivity index (χ1) is 34.0. The first-order valence-corrected chi connectivity index (χ1v) is 27.1. The lowest BCUT2D eigenvalue weighted by Gasteiger charge is -2.08. The molecule has 6 nitrogen and oxygen atoms in total. The molecule has 0 aliphatic carbocycles. The molecule has 7 rings (SSSR count). The second-order valence-electron chi connectivity index (χ2n) is 19.7. The van der Waals surface area contributed by atoms with Gasteiger partial charge in [-0.3, -0.25) is 0 Å². The number of hydrogen-bond donors (Lipinski definition) is 0. The fourth-order valence-corrected chi connectivity index (χ4v) is 9.63. The van der Waals surface area contributed by atoms with E-state index in [1.165, 1.54) is 166 Å². The van der Waals surface area contributed by atoms with E-state index in [9.17, 15) is 0 Å². The predicted molar refractivity (Wildman–Crippen MR) is 281 cm³/mol. The minimum absolute atomic E-state index is 0.807. The van der Waals surface area contributed by atoms with Crippen LogP contribution in [0.3, 0.4) is 0 Å². The van der Waals surface area contributed by atoms with E-state index in [1.807, 2.05) is 0 Å². The van der Waals surface area contributed by atoms with Crippen LogP contribution in [-0.2, 0) is 39.3 Å². The minimum Gasteiger partial charge on any atom is -0.205 e. The van der Waals surface area contributed by atoms with Crippen molar-refractivity contribution in [2.24, 2.45) is 0 Å². The fourth-order valence-electron chi connectivity index (χ4n) is 9.63. The monoisotopic (exact) mass is 925 g/mol. The summed E-state index contributed by atoms with van der Waals surface area (Å²) in [6, 6.07) is 34.3. The summed E-state index contributed by atoms with van der Waals surface area (Å²) in [6.45, 7) is 12.5. The maximum Gasteiger partial charge on any atom is 0.173 e. The molecule has 0 bridgehead atoms. The van der Waals surface area contributed by atoms with Gasteiger partial charge in [-0.25, -0.2) is 27.4 Å². The molecular formula is C63H84N6+6. The normalized spacial score (nSPS) is 11.3. The molecule has 6 heterocycles. The SMILES string of the molecule is CCCCCCCC[n+]1ccc(-c2cc[n+](Cc3cc(C[n+]4ccc(-c5cc[n+](CCCCCCCC)cc5)cc4)cc(C[n+]4ccc(-c5cc[n+](CCCCCCCC)cc5)cc4)c3)cc2)cc1. The van der Waals surface area contributed by atoms with Crippen LogP contribution in [-0.4, -0.2) is 0 Å². The van der Waals surface area contributed by atoms with Crippen molar-refractivity contribution in [3.05, 3.63) is 182 Å². The van der Waals surface area contributed by atoms with Gasteiger partial charge in [-0.2, -0.15) is 0 Å². The third-order valence-electron chi connectivity index (χ3n) is 13.9. The number of benzene rings is 1. The molecular weight excluding hydrogens is 841 g/mol. The van der Waals surface area contributed by atoms with Crippen LogP contribution in [0.15, 0.2) is 165 Å². The van der Waals surface area contributed by atoms with Crippen molar-refractivity contribution in [2.75, 3.05) is 0 Å². The van der Waals surface area contributed by atoms with E-state index in [0.717, 1.165) is 39.3 Å². The maximum absolute atomic E-state index is 2.40. The molecule has 7 aromatic rings. The fraction of sp³-hybridized carbons (Fsp3) is 0.429. The Bertz CT molecular complexity index is 2200. The molecule has 0 fully saturated rings. The van der Waals surface area contributed by atoms with Gasteiger partial charge in [0.2, 0.25) is 0 Å². The van der Waals surface area contributed by atoms with E-state index >= 15 is 0 Å². The molecule has 0 aliphatic rings. The van der Waals surface area contributed by atoms with Crippen LogP contribution in [0.5, 0.6) is 0 Å². The molecule has 1 aromatic carbocycles. The van der Waals surface area contributed by atoms with Crippen molar-refractivity contribution in [3.8, 4) is 33.4 Å². The van der Waals surface area contributed by atoms with Gasteiger partial charge in [-0.15, -0.1) is 0 Å². The molecule has 0 atom stereocenters. The molecule has 69 heavy (non-hydrogen) atoms. The third kappa shape index (κ3) is 17.2. The van der Waals surface area contributed by atoms with Crippen LogP contribution >= 0.6 is 0 Å². The average molecular weight is 925 g/mol. The summed E-state index contributed by atoms with van der Waals surface area (Å²) in [7, 11) is 0. The third-order valence-corrected chi connectivity index (χ3v) is 13.9. The van der Waals surface area contributed by atoms with E-state index < -0.39 is 0 Å². The first kappa shape index (κ1) is 51.0. The minimum atomic E-state index is 0.807. The van der Waals surface area contributed by atoms with Gasteiger partial charge in [-0.05, 0) is 70.8 Å². The van der Waals surface area contributed by atoms with Crippen molar-refractivity contribution in [3.63, 3.8) is 0 Å². The zero-order valence-corrected chi connectivity index (χ0v) is 42.7. The lowest BCUT2D eigenvalue weighted by Crippen LogP contribution is -2.36. The molecule has 0 saturated heterocycles. The molecule has 0 N–H and O–H groups in total. The summed E-state index contributed by atoms with van der Waals surface area (Å²) in [6.07, 6.45) is 50.7. The van der Waals surface area contributed by atoms with Crippen LogP contribution in [0.25, 0.3) is 33.4 Å². The average Bonchev–Trinajstić information content (AvgIpc) is 3.38. The highest BCUT2D eigenvalue weighted by atomic mass is 15.0. The molecule has 360 valence electrons. The molecule has 6 heteroatoms. The van der Waals surface area contributed by atoms with Gasteiger partial charge in [0, 0.05) is 109 Å². The van der Waals surface area contributed by atoms with E-state index in [2.05, 4.69) is 214 Å². The Morgan fingerprint density at radius 1 is 0.232 bits per heavy atom. The van der Waals surface area contributed by atoms with Gasteiger partial charge in [0.1, 0.15) is 19.6 Å². The Balaban J connectivity index is 1.01. The molecule has 0 aliphatic heterocycles. The number of hydrogen-bond acceptors (Lipinski definition) is 0. The van der Waals surface area contributed by atoms with E-state index in [-0.39, 0.29) is 0 Å². The Labute approximate surface area is 416 Å². The van der Waals surface area contributed by atoms with Crippen molar-refractivity contribution in [1.82, 2.24) is 0 Å². The quantitative estimate of drug-likeness (QED) is 0.0317. The Morgan fingerprint density at radius 2 is 0.420 bits per heavy atom. The van der Waals surface area contributed by atoms with Crippen molar-refractivity contribution in [2.45, 2.75) is 176 Å². The number of aryl methyl sites for hydroxylation is 3. The van der Waals surface area contributed by atoms with Crippen LogP contribution < -0.4 is 27.4 Å². The maximum atomic E-state index is 2.40. The zero-order chi connectivity index (χ0) is 47.7. The molecule has 0 amide bonds. The van der Waals surface area contributed by atoms with E-state index in [0.29, 0.717) is 0 Å². The Hall–Kier alpha value is -5.88. The van der Waals surface area contributed by atoms with Crippen LogP contribution in [0, 0.1) is 0 Å². The summed E-state index contributed by atoms with van der Waals surface area (Å²) < 4.78 is 13.9. The van der Waals surface area contributed by atoms with Gasteiger partial charge >= 0.3 is 0 Å². The standard InChI is InChI=1S/C63H84N6/c1-4-7-10-13-16-19-34-64-37-22-58(23-38-64)61-28-43-67(44-29-61)52-55-49-56(53-68-45-30-62(31-46-68)59-24-39-65(40-25-59)35-20-17-14-11-8-5-2)51-57(50-55)54-69-47-32-63(33-48-69)60-26-41-66(42-27-60)36-21-18-15-12-9-6-3/h22-33,37-51H,4-21,34-36,52-54H2,1-3H3/q+6. The van der Waals surface area contributed by atoms with Crippen LogP contribution in [0.2, 0.25) is 0 Å². The summed E-state index contributed by atoms with van der Waals surface area (Å²) in [4.78, 5) is 0. The second kappa shape index (κ2) is 28.6. The largest absolute Gasteiger partial charge is 0.205 e. The van der Waals surface area contributed by atoms with Gasteiger partial charge in [0.05, 0.1) is 0 Å². The molecule has 0 unspecified atom stereocenters. The van der Waals surface area contributed by atoms with Gasteiger partial charge in [0.15, 0.2) is 94.0 Å². The summed E-state index contributed by atoms with van der Waals surface area (Å²) in [5.41, 5.74) is 11.4. The molecule has 0 spiro atoms. The van der Waals surface area contributed by atoms with Crippen molar-refractivity contribution >= 4 is 0 Å². The second-order valence-corrected chi connectivity index (χ2v) is 19.7. The highest BCUT2D eigenvalue weighted by Gasteiger charge is 2.15. The molecule has 0 saturated carbocycles. The molecule has 0 radical (unpaired) electrons. The Kier molecular flexibility index (Phi) is 21.1. The number of aromatic nitrogens is 6. The van der Waals surface area contributed by atoms with E-state index in [1.54, 1.807) is 0 Å². The highest BCUT2D eigenvalue weighted by molar-refractivity contribution is 5.62. The lowest BCUT2D eigenvalue weighted by molar-refractivity contribution is -0.697. The number of pyridine rings is 6. The topological polar surface area (TPSA) is 23.3 Å². The summed E-state index contributed by atoms with van der Waals surface area (Å²) in [5, 5.41) is 0. The van der Waals surface area contributed by atoms with Crippen molar-refractivity contribution in [1.29, 1.82) is 0 Å². The number of rotatable bonds is 30.